The van der Waals surface area contributed by atoms with Crippen LogP contribution in [0.25, 0.3) is 10.2 Å². The van der Waals surface area contributed by atoms with Gasteiger partial charge >= 0.3 is 5.97 Å². The maximum absolute atomic E-state index is 12.0. The minimum atomic E-state index is -0.619. The first-order valence-electron chi connectivity index (χ1n) is 7.13. The molecule has 3 rings (SSSR count). The summed E-state index contributed by atoms with van der Waals surface area (Å²) in [4.78, 5) is 28.2. The molecule has 122 valence electrons. The summed E-state index contributed by atoms with van der Waals surface area (Å²) in [5.41, 5.74) is 1.08. The van der Waals surface area contributed by atoms with E-state index in [1.165, 1.54) is 18.4 Å². The molecular weight excluding hydrogens is 328 g/mol. The Labute approximate surface area is 142 Å². The molecule has 0 bridgehead atoms. The molecule has 0 aliphatic rings. The molecule has 24 heavy (non-hydrogen) atoms. The Bertz CT molecular complexity index is 858. The van der Waals surface area contributed by atoms with Gasteiger partial charge in [0.1, 0.15) is 11.3 Å². The van der Waals surface area contributed by atoms with Crippen LogP contribution in [0, 0.1) is 0 Å². The quantitative estimate of drug-likeness (QED) is 0.721. The van der Waals surface area contributed by atoms with Gasteiger partial charge in [0, 0.05) is 0 Å². The molecule has 0 fully saturated rings. The molecule has 0 unspecified atom stereocenters. The summed E-state index contributed by atoms with van der Waals surface area (Å²) >= 11 is 1.36. The molecule has 0 radical (unpaired) electrons. The third-order valence-electron chi connectivity index (χ3n) is 3.20. The average molecular weight is 342 g/mol. The number of amides is 1. The second kappa shape index (κ2) is 7.10. The lowest BCUT2D eigenvalue weighted by Crippen LogP contribution is -2.21. The highest BCUT2D eigenvalue weighted by atomic mass is 32.1. The topological polar surface area (TPSA) is 77.5 Å². The summed E-state index contributed by atoms with van der Waals surface area (Å²) in [5.74, 6) is -0.668. The molecule has 3 aromatic rings. The van der Waals surface area contributed by atoms with Crippen molar-refractivity contribution in [2.24, 2.45) is 0 Å². The lowest BCUT2D eigenvalue weighted by Gasteiger charge is -2.08. The summed E-state index contributed by atoms with van der Waals surface area (Å²) in [7, 11) is 1.46. The lowest BCUT2D eigenvalue weighted by molar-refractivity contribution is -0.119. The first-order chi connectivity index (χ1) is 11.7. The van der Waals surface area contributed by atoms with E-state index in [9.17, 15) is 9.59 Å². The van der Waals surface area contributed by atoms with Crippen molar-refractivity contribution < 1.29 is 19.1 Å². The number of hydrogen-bond donors (Lipinski definition) is 1. The van der Waals surface area contributed by atoms with Gasteiger partial charge < -0.3 is 9.47 Å². The zero-order valence-electron chi connectivity index (χ0n) is 12.8. The molecule has 2 aromatic carbocycles. The van der Waals surface area contributed by atoms with E-state index in [-0.39, 0.29) is 5.56 Å². The van der Waals surface area contributed by atoms with Gasteiger partial charge in [-0.25, -0.2) is 9.78 Å². The molecule has 1 heterocycles. The van der Waals surface area contributed by atoms with Gasteiger partial charge in [-0.2, -0.15) is 0 Å². The highest BCUT2D eigenvalue weighted by molar-refractivity contribution is 7.22. The minimum Gasteiger partial charge on any atom is -0.496 e. The van der Waals surface area contributed by atoms with Crippen molar-refractivity contribution >= 4 is 38.6 Å². The van der Waals surface area contributed by atoms with Gasteiger partial charge in [0.25, 0.3) is 5.91 Å². The average Bonchev–Trinajstić information content (AvgIpc) is 3.01. The fourth-order valence-electron chi connectivity index (χ4n) is 2.10. The van der Waals surface area contributed by atoms with Crippen LogP contribution in [-0.2, 0) is 9.53 Å². The standard InChI is InChI=1S/C17H14N2O4S/c1-22-13-8-4-2-6-11(13)16(21)23-10-15(20)19-17-18-12-7-3-5-9-14(12)24-17/h2-9H,10H2,1H3,(H,18,19,20). The number of nitrogens with one attached hydrogen (secondary N) is 1. The minimum absolute atomic E-state index is 0.271. The lowest BCUT2D eigenvalue weighted by atomic mass is 10.2. The molecule has 1 amide bonds. The summed E-state index contributed by atoms with van der Waals surface area (Å²) in [6.45, 7) is -0.396. The van der Waals surface area contributed by atoms with Crippen LogP contribution < -0.4 is 10.1 Å². The third kappa shape index (κ3) is 3.52. The first kappa shape index (κ1) is 15.9. The van der Waals surface area contributed by atoms with E-state index < -0.39 is 18.5 Å². The normalized spacial score (nSPS) is 10.4. The highest BCUT2D eigenvalue weighted by Gasteiger charge is 2.15. The number of nitrogens with zero attached hydrogens (tertiary/aromatic N) is 1. The number of carbonyl (C=O) groups is 2. The second-order valence-electron chi connectivity index (χ2n) is 4.81. The summed E-state index contributed by atoms with van der Waals surface area (Å²) < 4.78 is 11.1. The summed E-state index contributed by atoms with van der Waals surface area (Å²) in [6.07, 6.45) is 0. The Morgan fingerprint density at radius 2 is 1.88 bits per heavy atom. The van der Waals surface area contributed by atoms with Gasteiger partial charge in [0.15, 0.2) is 11.7 Å². The number of benzene rings is 2. The summed E-state index contributed by atoms with van der Waals surface area (Å²) in [5, 5.41) is 3.09. The second-order valence-corrected chi connectivity index (χ2v) is 5.84. The van der Waals surface area contributed by atoms with Gasteiger partial charge in [0.05, 0.1) is 17.3 Å². The van der Waals surface area contributed by atoms with Crippen molar-refractivity contribution in [1.29, 1.82) is 0 Å². The molecule has 0 aliphatic carbocycles. The Kier molecular flexibility index (Phi) is 4.72. The van der Waals surface area contributed by atoms with Crippen LogP contribution in [0.5, 0.6) is 5.75 Å². The predicted octanol–water partition coefficient (Wildman–Crippen LogP) is 3.10. The maximum Gasteiger partial charge on any atom is 0.342 e. The maximum atomic E-state index is 12.0. The fraction of sp³-hybridized carbons (Fsp3) is 0.118. The molecular formula is C17H14N2O4S. The van der Waals surface area contributed by atoms with E-state index >= 15 is 0 Å². The number of fused-ring (bicyclic) bond motifs is 1. The van der Waals surface area contributed by atoms with Crippen molar-refractivity contribution in [3.8, 4) is 5.75 Å². The van der Waals surface area contributed by atoms with E-state index in [0.29, 0.717) is 10.9 Å². The van der Waals surface area contributed by atoms with Gasteiger partial charge in [-0.1, -0.05) is 35.6 Å². The van der Waals surface area contributed by atoms with Crippen molar-refractivity contribution in [3.63, 3.8) is 0 Å². The SMILES string of the molecule is COc1ccccc1C(=O)OCC(=O)Nc1nc2ccccc2s1. The number of esters is 1. The molecule has 0 spiro atoms. The molecule has 1 aromatic heterocycles. The zero-order valence-corrected chi connectivity index (χ0v) is 13.6. The fourth-order valence-corrected chi connectivity index (χ4v) is 2.99. The number of rotatable bonds is 5. The van der Waals surface area contributed by atoms with Crippen molar-refractivity contribution in [1.82, 2.24) is 4.98 Å². The number of hydrogen-bond acceptors (Lipinski definition) is 6. The third-order valence-corrected chi connectivity index (χ3v) is 4.15. The van der Waals surface area contributed by atoms with Gasteiger partial charge in [0.2, 0.25) is 0 Å². The number of thiazole rings is 1. The number of methoxy groups -OCH3 is 1. The largest absolute Gasteiger partial charge is 0.496 e. The smallest absolute Gasteiger partial charge is 0.342 e. The Morgan fingerprint density at radius 1 is 1.12 bits per heavy atom. The number of aromatic nitrogens is 1. The van der Waals surface area contributed by atoms with Gasteiger partial charge in [-0.05, 0) is 24.3 Å². The van der Waals surface area contributed by atoms with Crippen LogP contribution in [0.15, 0.2) is 48.5 Å². The molecule has 0 atom stereocenters. The van der Waals surface area contributed by atoms with Crippen LogP contribution in [0.1, 0.15) is 10.4 Å². The number of carbonyl (C=O) groups excluding carboxylic acids is 2. The molecule has 0 aliphatic heterocycles. The molecule has 1 N–H and O–H groups in total. The van der Waals surface area contributed by atoms with Crippen LogP contribution in [0.2, 0.25) is 0 Å². The molecule has 6 nitrogen and oxygen atoms in total. The van der Waals surface area contributed by atoms with Crippen molar-refractivity contribution in [3.05, 3.63) is 54.1 Å². The number of ether oxygens (including phenoxy) is 2. The molecule has 7 heteroatoms. The van der Waals surface area contributed by atoms with E-state index in [1.807, 2.05) is 24.3 Å². The highest BCUT2D eigenvalue weighted by Crippen LogP contribution is 2.25. The Hall–Kier alpha value is -2.93. The van der Waals surface area contributed by atoms with Gasteiger partial charge in [-0.3, -0.25) is 10.1 Å². The zero-order chi connectivity index (χ0) is 16.9. The predicted molar refractivity (Wildman–Crippen MR) is 91.5 cm³/mol. The first-order valence-corrected chi connectivity index (χ1v) is 7.94. The monoisotopic (exact) mass is 342 g/mol. The molecule has 0 saturated heterocycles. The van der Waals surface area contributed by atoms with Crippen molar-refractivity contribution in [2.75, 3.05) is 19.0 Å². The Balaban J connectivity index is 1.60. The van der Waals surface area contributed by atoms with Crippen LogP contribution in [-0.4, -0.2) is 30.6 Å². The molecule has 0 saturated carbocycles. The van der Waals surface area contributed by atoms with E-state index in [0.717, 1.165) is 10.2 Å². The number of anilines is 1. The number of para-hydroxylation sites is 2. The van der Waals surface area contributed by atoms with Crippen LogP contribution >= 0.6 is 11.3 Å². The van der Waals surface area contributed by atoms with Crippen LogP contribution in [0.4, 0.5) is 5.13 Å². The van der Waals surface area contributed by atoms with Crippen LogP contribution in [0.3, 0.4) is 0 Å². The van der Waals surface area contributed by atoms with Crippen molar-refractivity contribution in [2.45, 2.75) is 0 Å². The van der Waals surface area contributed by atoms with E-state index in [1.54, 1.807) is 24.3 Å². The van der Waals surface area contributed by atoms with Gasteiger partial charge in [-0.15, -0.1) is 0 Å². The summed E-state index contributed by atoms with van der Waals surface area (Å²) in [6, 6.07) is 14.2. The Morgan fingerprint density at radius 3 is 2.67 bits per heavy atom. The van der Waals surface area contributed by atoms with E-state index in [2.05, 4.69) is 10.3 Å². The van der Waals surface area contributed by atoms with E-state index in [4.69, 9.17) is 9.47 Å².